The van der Waals surface area contributed by atoms with E-state index >= 15 is 0 Å². The predicted octanol–water partition coefficient (Wildman–Crippen LogP) is 1.17. The summed E-state index contributed by atoms with van der Waals surface area (Å²) in [5.74, 6) is -0.312. The number of carbonyl (C=O) groups is 1. The molecule has 0 saturated carbocycles. The molecule has 0 aliphatic heterocycles. The molecule has 122 valence electrons. The predicted molar refractivity (Wildman–Crippen MR) is 85.6 cm³/mol. The van der Waals surface area contributed by atoms with Crippen LogP contribution in [0.5, 0.6) is 0 Å². The quantitative estimate of drug-likeness (QED) is 0.631. The number of aliphatic hydroxyl groups excluding tert-OH is 1. The van der Waals surface area contributed by atoms with Crippen LogP contribution >= 0.6 is 0 Å². The van der Waals surface area contributed by atoms with Gasteiger partial charge in [0.2, 0.25) is 0 Å². The molecular formula is C17H26N2O3. The van der Waals surface area contributed by atoms with Crippen molar-refractivity contribution >= 4 is 5.91 Å². The van der Waals surface area contributed by atoms with E-state index in [1.165, 1.54) is 11.1 Å². The molecule has 1 aliphatic carbocycles. The summed E-state index contributed by atoms with van der Waals surface area (Å²) >= 11 is 0. The van der Waals surface area contributed by atoms with Crippen molar-refractivity contribution in [1.82, 2.24) is 10.6 Å². The second-order valence-electron chi connectivity index (χ2n) is 5.83. The number of methoxy groups -OCH3 is 1. The van der Waals surface area contributed by atoms with Crippen LogP contribution in [0.2, 0.25) is 0 Å². The van der Waals surface area contributed by atoms with E-state index in [0.717, 1.165) is 19.3 Å². The van der Waals surface area contributed by atoms with Crippen LogP contribution in [-0.2, 0) is 16.0 Å². The summed E-state index contributed by atoms with van der Waals surface area (Å²) in [4.78, 5) is 12.2. The first-order chi connectivity index (χ1) is 10.6. The van der Waals surface area contributed by atoms with Crippen LogP contribution in [0, 0.1) is 0 Å². The summed E-state index contributed by atoms with van der Waals surface area (Å²) in [6.45, 7) is 3.20. The third kappa shape index (κ3) is 4.29. The molecule has 2 rings (SSSR count). The van der Waals surface area contributed by atoms with Gasteiger partial charge >= 0.3 is 0 Å². The van der Waals surface area contributed by atoms with Gasteiger partial charge in [-0.25, -0.2) is 0 Å². The highest BCUT2D eigenvalue weighted by atomic mass is 16.5. The van der Waals surface area contributed by atoms with E-state index in [1.807, 2.05) is 25.1 Å². The Morgan fingerprint density at radius 2 is 2.23 bits per heavy atom. The fourth-order valence-corrected chi connectivity index (χ4v) is 2.85. The smallest absolute Gasteiger partial charge is 0.250 e. The number of carbonyl (C=O) groups excluding carboxylic acids is 1. The largest absolute Gasteiger partial charge is 0.385 e. The summed E-state index contributed by atoms with van der Waals surface area (Å²) < 4.78 is 4.97. The van der Waals surface area contributed by atoms with Crippen molar-refractivity contribution in [2.24, 2.45) is 0 Å². The lowest BCUT2D eigenvalue weighted by atomic mass is 10.1. The molecule has 1 amide bonds. The number of rotatable bonds is 8. The van der Waals surface area contributed by atoms with E-state index in [0.29, 0.717) is 13.2 Å². The Hall–Kier alpha value is -1.43. The third-order valence-electron chi connectivity index (χ3n) is 4.18. The third-order valence-corrected chi connectivity index (χ3v) is 4.18. The monoisotopic (exact) mass is 306 g/mol. The molecule has 0 saturated heterocycles. The Morgan fingerprint density at radius 1 is 1.45 bits per heavy atom. The minimum Gasteiger partial charge on any atom is -0.385 e. The number of fused-ring (bicyclic) bond motifs is 1. The highest BCUT2D eigenvalue weighted by Gasteiger charge is 2.28. The Morgan fingerprint density at radius 3 is 3.00 bits per heavy atom. The molecular weight excluding hydrogens is 280 g/mol. The van der Waals surface area contributed by atoms with E-state index in [1.54, 1.807) is 7.11 Å². The minimum absolute atomic E-state index is 0.0130. The molecule has 5 heteroatoms. The molecule has 3 N–H and O–H groups in total. The normalized spacial score (nSPS) is 19.5. The standard InChI is InChI=1S/C17H26N2O3/c1-12(18-10-5-11-22-2)16(20)17(21)19-15-9-8-13-6-3-4-7-14(13)15/h3-4,6-7,12,15-16,18,20H,5,8-11H2,1-2H3,(H,19,21)/t12-,15?,16+/m0/s1. The zero-order valence-electron chi connectivity index (χ0n) is 13.3. The highest BCUT2D eigenvalue weighted by Crippen LogP contribution is 2.30. The number of ether oxygens (including phenoxy) is 1. The molecule has 0 heterocycles. The maximum absolute atomic E-state index is 12.2. The number of aliphatic hydroxyl groups is 1. The van der Waals surface area contributed by atoms with Crippen LogP contribution in [0.15, 0.2) is 24.3 Å². The van der Waals surface area contributed by atoms with Gasteiger partial charge in [0.25, 0.3) is 5.91 Å². The van der Waals surface area contributed by atoms with E-state index in [-0.39, 0.29) is 18.0 Å². The number of benzene rings is 1. The van der Waals surface area contributed by atoms with Crippen LogP contribution in [0.1, 0.15) is 36.9 Å². The van der Waals surface area contributed by atoms with Crippen LogP contribution in [-0.4, -0.2) is 43.4 Å². The molecule has 1 aliphatic rings. The van der Waals surface area contributed by atoms with Gasteiger partial charge in [-0.15, -0.1) is 0 Å². The van der Waals surface area contributed by atoms with Crippen LogP contribution in [0.25, 0.3) is 0 Å². The lowest BCUT2D eigenvalue weighted by Gasteiger charge is -2.22. The van der Waals surface area contributed by atoms with Gasteiger partial charge in [0, 0.05) is 19.8 Å². The SMILES string of the molecule is COCCCN[C@@H](C)[C@@H](O)C(=O)NC1CCc2ccccc21. The zero-order chi connectivity index (χ0) is 15.9. The van der Waals surface area contributed by atoms with Gasteiger partial charge < -0.3 is 20.5 Å². The van der Waals surface area contributed by atoms with Crippen molar-refractivity contribution in [3.63, 3.8) is 0 Å². The van der Waals surface area contributed by atoms with E-state index < -0.39 is 6.10 Å². The summed E-state index contributed by atoms with van der Waals surface area (Å²) in [5, 5.41) is 16.3. The summed E-state index contributed by atoms with van der Waals surface area (Å²) in [5.41, 5.74) is 2.46. The fraction of sp³-hybridized carbons (Fsp3) is 0.588. The van der Waals surface area contributed by atoms with E-state index in [9.17, 15) is 9.90 Å². The molecule has 22 heavy (non-hydrogen) atoms. The molecule has 5 nitrogen and oxygen atoms in total. The summed E-state index contributed by atoms with van der Waals surface area (Å²) in [6, 6.07) is 7.88. The van der Waals surface area contributed by atoms with Crippen LogP contribution in [0.3, 0.4) is 0 Å². The van der Waals surface area contributed by atoms with Gasteiger partial charge in [0.1, 0.15) is 6.10 Å². The lowest BCUT2D eigenvalue weighted by Crippen LogP contribution is -2.48. The molecule has 1 aromatic rings. The highest BCUT2D eigenvalue weighted by molar-refractivity contribution is 5.81. The maximum atomic E-state index is 12.2. The van der Waals surface area contributed by atoms with Crippen LogP contribution in [0.4, 0.5) is 0 Å². The molecule has 0 fully saturated rings. The number of amides is 1. The summed E-state index contributed by atoms with van der Waals surface area (Å²) in [6.07, 6.45) is 1.68. The Kier molecular flexibility index (Phi) is 6.36. The van der Waals surface area contributed by atoms with Crippen LogP contribution < -0.4 is 10.6 Å². The summed E-state index contributed by atoms with van der Waals surface area (Å²) in [7, 11) is 1.66. The molecule has 0 radical (unpaired) electrons. The van der Waals surface area contributed by atoms with Crippen molar-refractivity contribution in [2.45, 2.75) is 44.4 Å². The molecule has 0 bridgehead atoms. The first kappa shape index (κ1) is 16.9. The second-order valence-corrected chi connectivity index (χ2v) is 5.83. The van der Waals surface area contributed by atoms with E-state index in [4.69, 9.17) is 4.74 Å². The van der Waals surface area contributed by atoms with Crippen molar-refractivity contribution in [1.29, 1.82) is 0 Å². The van der Waals surface area contributed by atoms with Crippen molar-refractivity contribution in [2.75, 3.05) is 20.3 Å². The molecule has 1 unspecified atom stereocenters. The van der Waals surface area contributed by atoms with Gasteiger partial charge in [-0.05, 0) is 43.9 Å². The minimum atomic E-state index is -1.05. The molecule has 0 spiro atoms. The number of nitrogens with one attached hydrogen (secondary N) is 2. The second kappa shape index (κ2) is 8.27. The Bertz CT molecular complexity index is 493. The molecule has 3 atom stereocenters. The average molecular weight is 306 g/mol. The first-order valence-corrected chi connectivity index (χ1v) is 7.92. The maximum Gasteiger partial charge on any atom is 0.250 e. The fourth-order valence-electron chi connectivity index (χ4n) is 2.85. The van der Waals surface area contributed by atoms with Crippen molar-refractivity contribution < 1.29 is 14.6 Å². The zero-order valence-corrected chi connectivity index (χ0v) is 13.3. The average Bonchev–Trinajstić information content (AvgIpc) is 2.94. The Balaban J connectivity index is 1.82. The number of hydrogen-bond donors (Lipinski definition) is 3. The first-order valence-electron chi connectivity index (χ1n) is 7.92. The van der Waals surface area contributed by atoms with E-state index in [2.05, 4.69) is 16.7 Å². The van der Waals surface area contributed by atoms with Gasteiger partial charge in [-0.2, -0.15) is 0 Å². The number of hydrogen-bond acceptors (Lipinski definition) is 4. The van der Waals surface area contributed by atoms with Gasteiger partial charge in [0.05, 0.1) is 6.04 Å². The van der Waals surface area contributed by atoms with Gasteiger partial charge in [-0.1, -0.05) is 24.3 Å². The van der Waals surface area contributed by atoms with Gasteiger partial charge in [0.15, 0.2) is 0 Å². The van der Waals surface area contributed by atoms with Crippen molar-refractivity contribution in [3.05, 3.63) is 35.4 Å². The Labute approximate surface area is 132 Å². The number of aryl methyl sites for hydroxylation is 1. The van der Waals surface area contributed by atoms with Crippen molar-refractivity contribution in [3.8, 4) is 0 Å². The molecule has 0 aromatic heterocycles. The topological polar surface area (TPSA) is 70.6 Å². The lowest BCUT2D eigenvalue weighted by molar-refractivity contribution is -0.131. The molecule has 1 aromatic carbocycles. The van der Waals surface area contributed by atoms with Gasteiger partial charge in [-0.3, -0.25) is 4.79 Å².